The number of allylic oxidation sites excluding steroid dienone is 1. The zero-order valence-electron chi connectivity index (χ0n) is 33.5. The number of phenols is 1. The molecule has 1 saturated carbocycles. The molecule has 3 fully saturated rings. The number of amides is 2. The molecule has 2 amide bonds. The van der Waals surface area contributed by atoms with Crippen LogP contribution in [0.15, 0.2) is 89.5 Å². The average molecular weight is 760 g/mol. The fourth-order valence-electron chi connectivity index (χ4n) is 10.4. The average Bonchev–Trinajstić information content (AvgIpc) is 3.42. The Kier molecular flexibility index (Phi) is 11.5. The van der Waals surface area contributed by atoms with Crippen molar-refractivity contribution in [2.45, 2.75) is 116 Å². The Morgan fingerprint density at radius 2 is 1.53 bits per heavy atom. The van der Waals surface area contributed by atoms with Crippen molar-refractivity contribution in [1.82, 2.24) is 4.90 Å². The van der Waals surface area contributed by atoms with Crippen molar-refractivity contribution in [3.63, 3.8) is 0 Å². The molecule has 2 N–H and O–H groups in total. The number of hydrogen-bond acceptors (Lipinski definition) is 6. The summed E-state index contributed by atoms with van der Waals surface area (Å²) < 4.78 is 14.0. The number of phenolic OH excluding ortho intramolecular Hbond substituents is 1. The second-order valence-corrected chi connectivity index (χ2v) is 21.9. The van der Waals surface area contributed by atoms with Crippen molar-refractivity contribution in [2.75, 3.05) is 6.61 Å². The van der Waals surface area contributed by atoms with E-state index in [1.54, 1.807) is 4.90 Å². The van der Waals surface area contributed by atoms with Crippen LogP contribution in [0.4, 0.5) is 0 Å². The minimum Gasteiger partial charge on any atom is -0.507 e. The van der Waals surface area contributed by atoms with E-state index in [9.17, 15) is 19.7 Å². The Labute approximate surface area is 329 Å². The lowest BCUT2D eigenvalue weighted by atomic mass is 9.58. The summed E-state index contributed by atoms with van der Waals surface area (Å²) in [7, 11) is -3.97. The van der Waals surface area contributed by atoms with E-state index in [1.807, 2.05) is 38.1 Å². The highest BCUT2D eigenvalue weighted by Gasteiger charge is 2.59. The van der Waals surface area contributed by atoms with Crippen LogP contribution in [0.5, 0.6) is 5.75 Å². The highest BCUT2D eigenvalue weighted by Crippen LogP contribution is 2.52. The van der Waals surface area contributed by atoms with Gasteiger partial charge in [-0.2, -0.15) is 0 Å². The summed E-state index contributed by atoms with van der Waals surface area (Å²) in [6.07, 6.45) is 8.74. The molecule has 3 aromatic carbocycles. The highest BCUT2D eigenvalue weighted by atomic mass is 28.4. The van der Waals surface area contributed by atoms with Crippen LogP contribution in [-0.2, 0) is 18.7 Å². The molecule has 0 radical (unpaired) electrons. The normalized spacial score (nSPS) is 24.0. The maximum atomic E-state index is 14.5. The van der Waals surface area contributed by atoms with Gasteiger partial charge in [-0.25, -0.2) is 0 Å². The minimum absolute atomic E-state index is 0.0415. The predicted octanol–water partition coefficient (Wildman–Crippen LogP) is 7.90. The number of carbonyl (C=O) groups excluding carboxylic acids is 2. The first-order valence-electron chi connectivity index (χ1n) is 20.4. The van der Waals surface area contributed by atoms with Crippen molar-refractivity contribution in [3.05, 3.63) is 106 Å². The first-order valence-corrected chi connectivity index (χ1v) is 22.4. The van der Waals surface area contributed by atoms with Crippen LogP contribution in [0.25, 0.3) is 6.08 Å². The molecule has 4 aliphatic rings. The SMILES string of the molecule is C/C(=C\c1cc(C)c(O)c(C)c1)CC[C@H]1OB(O)C[C@H]2C1=C(CO[Si](c1ccccc1)(c1ccccc1)C(C)(C)C)C[C@H]1C(=O)N(C3CCCCC3)C(=O)[C@H]12. The molecule has 4 atom stereocenters. The van der Waals surface area contributed by atoms with Crippen LogP contribution in [0.2, 0.25) is 11.4 Å². The third kappa shape index (κ3) is 7.57. The summed E-state index contributed by atoms with van der Waals surface area (Å²) in [6, 6.07) is 25.2. The summed E-state index contributed by atoms with van der Waals surface area (Å²) in [6.45, 7) is 13.1. The minimum atomic E-state index is -2.94. The van der Waals surface area contributed by atoms with Crippen molar-refractivity contribution in [1.29, 1.82) is 0 Å². The molecule has 3 aromatic rings. The topological polar surface area (TPSA) is 96.3 Å². The predicted molar refractivity (Wildman–Crippen MR) is 223 cm³/mol. The summed E-state index contributed by atoms with van der Waals surface area (Å²) in [5.41, 5.74) is 5.97. The summed E-state index contributed by atoms with van der Waals surface area (Å²) in [5, 5.41) is 23.8. The number of benzene rings is 3. The van der Waals surface area contributed by atoms with Crippen molar-refractivity contribution < 1.29 is 28.8 Å². The number of fused-ring (bicyclic) bond motifs is 3. The molecule has 0 unspecified atom stereocenters. The zero-order valence-corrected chi connectivity index (χ0v) is 34.5. The van der Waals surface area contributed by atoms with Gasteiger partial charge in [0.05, 0.1) is 24.5 Å². The molecule has 9 heteroatoms. The van der Waals surface area contributed by atoms with Crippen LogP contribution >= 0.6 is 0 Å². The molecular formula is C46H58BNO6Si. The molecule has 0 spiro atoms. The molecule has 2 aliphatic heterocycles. The van der Waals surface area contributed by atoms with Crippen LogP contribution in [-0.4, -0.2) is 61.0 Å². The maximum absolute atomic E-state index is 14.5. The van der Waals surface area contributed by atoms with Gasteiger partial charge in [-0.15, -0.1) is 0 Å². The molecule has 55 heavy (non-hydrogen) atoms. The Morgan fingerprint density at radius 1 is 0.927 bits per heavy atom. The standard InChI is InChI=1S/C46H58BNO6Si/c1-30(24-33-25-31(2)43(49)32(3)26-33)22-23-40-41-34(29-53-55(46(4,5)6,36-18-12-8-13-19-36)37-20-14-9-15-21-37)27-38-42(39(41)28-47(52)54-40)45(51)48(44(38)50)35-16-10-7-11-17-35/h8-9,12-15,18-21,24-26,35,38-40,42,49,52H,7,10-11,16-17,22-23,27-29H2,1-6H3/b30-24+/t38-,39+,40-,42-/m1/s1. The van der Waals surface area contributed by atoms with E-state index in [1.165, 1.54) is 10.4 Å². The van der Waals surface area contributed by atoms with Crippen molar-refractivity contribution >= 4 is 43.7 Å². The van der Waals surface area contributed by atoms with Crippen LogP contribution < -0.4 is 10.4 Å². The Morgan fingerprint density at radius 3 is 2.11 bits per heavy atom. The Bertz CT molecular complexity index is 1890. The zero-order chi connectivity index (χ0) is 39.1. The molecule has 7 nitrogen and oxygen atoms in total. The number of rotatable bonds is 10. The second-order valence-electron chi connectivity index (χ2n) is 17.6. The van der Waals surface area contributed by atoms with Crippen molar-refractivity contribution in [3.8, 4) is 5.75 Å². The molecular weight excluding hydrogens is 701 g/mol. The van der Waals surface area contributed by atoms with E-state index in [-0.39, 0.29) is 35.1 Å². The van der Waals surface area contributed by atoms with E-state index >= 15 is 0 Å². The lowest BCUT2D eigenvalue weighted by molar-refractivity contribution is -0.143. The fourth-order valence-corrected chi connectivity index (χ4v) is 14.9. The van der Waals surface area contributed by atoms with Gasteiger partial charge in [-0.3, -0.25) is 14.5 Å². The number of aromatic hydroxyl groups is 1. The van der Waals surface area contributed by atoms with E-state index in [2.05, 4.69) is 82.3 Å². The number of nitrogens with zero attached hydrogens (tertiary/aromatic N) is 1. The first-order chi connectivity index (χ1) is 26.3. The van der Waals surface area contributed by atoms with Gasteiger partial charge >= 0.3 is 7.12 Å². The first kappa shape index (κ1) is 39.5. The molecule has 290 valence electrons. The Hall–Kier alpha value is -3.76. The summed E-state index contributed by atoms with van der Waals surface area (Å²) in [5.74, 6) is -1.04. The quantitative estimate of drug-likeness (QED) is 0.124. The van der Waals surface area contributed by atoms with Crippen molar-refractivity contribution in [2.24, 2.45) is 17.8 Å². The number of hydrogen-bond donors (Lipinski definition) is 2. The van der Waals surface area contributed by atoms with E-state index in [0.29, 0.717) is 31.6 Å². The van der Waals surface area contributed by atoms with Crippen LogP contribution in [0.1, 0.15) is 95.8 Å². The van der Waals surface area contributed by atoms with Gasteiger partial charge in [0.15, 0.2) is 0 Å². The number of aryl methyl sites for hydroxylation is 2. The summed E-state index contributed by atoms with van der Waals surface area (Å²) >= 11 is 0. The summed E-state index contributed by atoms with van der Waals surface area (Å²) in [4.78, 5) is 30.6. The number of carbonyl (C=O) groups is 2. The smallest absolute Gasteiger partial charge is 0.455 e. The fraction of sp³-hybridized carbons (Fsp3) is 0.478. The number of imide groups is 1. The van der Waals surface area contributed by atoms with Gasteiger partial charge < -0.3 is 19.2 Å². The molecule has 0 aromatic heterocycles. The third-order valence-electron chi connectivity index (χ3n) is 12.9. The van der Waals surface area contributed by atoms with Gasteiger partial charge in [0.25, 0.3) is 8.32 Å². The van der Waals surface area contributed by atoms with Gasteiger partial charge in [0.1, 0.15) is 5.75 Å². The molecule has 0 bridgehead atoms. The highest BCUT2D eigenvalue weighted by molar-refractivity contribution is 6.99. The molecule has 2 heterocycles. The van der Waals surface area contributed by atoms with Gasteiger partial charge in [0.2, 0.25) is 11.8 Å². The van der Waals surface area contributed by atoms with Crippen LogP contribution in [0, 0.1) is 31.6 Å². The van der Waals surface area contributed by atoms with Gasteiger partial charge in [0, 0.05) is 6.04 Å². The third-order valence-corrected chi connectivity index (χ3v) is 17.9. The van der Waals surface area contributed by atoms with Crippen LogP contribution in [0.3, 0.4) is 0 Å². The lowest BCUT2D eigenvalue weighted by Crippen LogP contribution is -2.66. The van der Waals surface area contributed by atoms with Gasteiger partial charge in [-0.1, -0.05) is 112 Å². The van der Waals surface area contributed by atoms with E-state index in [0.717, 1.165) is 65.5 Å². The maximum Gasteiger partial charge on any atom is 0.455 e. The van der Waals surface area contributed by atoms with Gasteiger partial charge in [-0.05, 0) is 120 Å². The number of likely N-dealkylation sites (tertiary alicyclic amines) is 1. The molecule has 2 aliphatic carbocycles. The molecule has 7 rings (SSSR count). The Balaban J connectivity index is 1.28. The monoisotopic (exact) mass is 759 g/mol. The van der Waals surface area contributed by atoms with E-state index < -0.39 is 33.4 Å². The van der Waals surface area contributed by atoms with E-state index in [4.69, 9.17) is 9.08 Å². The second kappa shape index (κ2) is 16.0. The largest absolute Gasteiger partial charge is 0.507 e. The molecule has 2 saturated heterocycles. The lowest BCUT2D eigenvalue weighted by Gasteiger charge is -2.46.